The van der Waals surface area contributed by atoms with Crippen LogP contribution in [0.25, 0.3) is 0 Å². The Bertz CT molecular complexity index is 813. The predicted molar refractivity (Wildman–Crippen MR) is 84.4 cm³/mol. The summed E-state index contributed by atoms with van der Waals surface area (Å²) in [6.07, 6.45) is 0. The van der Waals surface area contributed by atoms with Gasteiger partial charge < -0.3 is 5.11 Å². The number of rotatable bonds is 5. The zero-order valence-corrected chi connectivity index (χ0v) is 12.8. The van der Waals surface area contributed by atoms with Gasteiger partial charge in [0, 0.05) is 6.07 Å². The van der Waals surface area contributed by atoms with E-state index in [0.29, 0.717) is 0 Å². The molecule has 0 aromatic heterocycles. The average Bonchev–Trinajstić information content (AvgIpc) is 2.48. The lowest BCUT2D eigenvalue weighted by atomic mass is 10.1. The molecule has 0 bridgehead atoms. The minimum atomic E-state index is -2.66. The van der Waals surface area contributed by atoms with Gasteiger partial charge in [-0.2, -0.15) is 0 Å². The number of nitro benzene ring substituents is 1. The number of carboxylic acid groups (broad SMARTS) is 1. The minimum absolute atomic E-state index is 0.0457. The SMILES string of the molecule is O=C(O)c1ccccc1N(c1ccc(Cl)c([N+](=O)[O-])c1)S(=O)O. The molecule has 120 valence electrons. The fourth-order valence-corrected chi connectivity index (χ4v) is 2.72. The largest absolute Gasteiger partial charge is 0.478 e. The van der Waals surface area contributed by atoms with Gasteiger partial charge >= 0.3 is 5.97 Å². The Morgan fingerprint density at radius 3 is 2.48 bits per heavy atom. The molecule has 0 saturated carbocycles. The number of carboxylic acids is 1. The summed E-state index contributed by atoms with van der Waals surface area (Å²) < 4.78 is 22.0. The summed E-state index contributed by atoms with van der Waals surface area (Å²) in [6, 6.07) is 8.97. The topological polar surface area (TPSA) is 121 Å². The second-order valence-corrected chi connectivity index (χ2v) is 5.47. The summed E-state index contributed by atoms with van der Waals surface area (Å²) in [5.41, 5.74) is -0.826. The summed E-state index contributed by atoms with van der Waals surface area (Å²) in [7, 11) is 0. The highest BCUT2D eigenvalue weighted by Gasteiger charge is 2.24. The van der Waals surface area contributed by atoms with Crippen molar-refractivity contribution in [2.75, 3.05) is 4.31 Å². The van der Waals surface area contributed by atoms with Gasteiger partial charge in [-0.25, -0.2) is 13.3 Å². The summed E-state index contributed by atoms with van der Waals surface area (Å²) >= 11 is 3.05. The highest BCUT2D eigenvalue weighted by Crippen LogP contribution is 2.35. The van der Waals surface area contributed by atoms with Crippen molar-refractivity contribution in [2.45, 2.75) is 0 Å². The number of nitrogens with zero attached hydrogens (tertiary/aromatic N) is 2. The smallest absolute Gasteiger partial charge is 0.337 e. The van der Waals surface area contributed by atoms with Gasteiger partial charge in [-0.15, -0.1) is 0 Å². The number of hydrogen-bond acceptors (Lipinski definition) is 4. The second-order valence-electron chi connectivity index (χ2n) is 4.24. The zero-order chi connectivity index (χ0) is 17.1. The Kier molecular flexibility index (Phi) is 4.94. The Morgan fingerprint density at radius 1 is 1.26 bits per heavy atom. The van der Waals surface area contributed by atoms with Crippen LogP contribution >= 0.6 is 11.6 Å². The molecule has 0 aliphatic carbocycles. The molecule has 2 N–H and O–H groups in total. The van der Waals surface area contributed by atoms with Crippen LogP contribution in [0.1, 0.15) is 10.4 Å². The molecule has 0 spiro atoms. The van der Waals surface area contributed by atoms with E-state index in [1.807, 2.05) is 0 Å². The first-order valence-electron chi connectivity index (χ1n) is 6.00. The molecule has 23 heavy (non-hydrogen) atoms. The van der Waals surface area contributed by atoms with E-state index in [0.717, 1.165) is 10.4 Å². The van der Waals surface area contributed by atoms with Crippen LogP contribution in [0.4, 0.5) is 17.1 Å². The lowest BCUT2D eigenvalue weighted by Gasteiger charge is -2.21. The Hall–Kier alpha value is -2.49. The number of halogens is 1. The normalized spacial score (nSPS) is 11.7. The summed E-state index contributed by atoms with van der Waals surface area (Å²) in [6.45, 7) is 0. The molecule has 0 saturated heterocycles. The first-order valence-corrected chi connectivity index (χ1v) is 7.44. The minimum Gasteiger partial charge on any atom is -0.478 e. The quantitative estimate of drug-likeness (QED) is 0.482. The predicted octanol–water partition coefficient (Wildman–Crippen LogP) is 3.22. The van der Waals surface area contributed by atoms with Gasteiger partial charge in [0.05, 0.1) is 21.9 Å². The van der Waals surface area contributed by atoms with E-state index in [1.165, 1.54) is 36.4 Å². The maximum atomic E-state index is 11.7. The molecular formula is C13H9ClN2O6S. The highest BCUT2D eigenvalue weighted by molar-refractivity contribution is 7.81. The van der Waals surface area contributed by atoms with Gasteiger partial charge in [-0.05, 0) is 24.3 Å². The Labute approximate surface area is 137 Å². The van der Waals surface area contributed by atoms with E-state index in [2.05, 4.69) is 0 Å². The molecule has 0 aliphatic rings. The van der Waals surface area contributed by atoms with Gasteiger partial charge in [0.25, 0.3) is 17.0 Å². The lowest BCUT2D eigenvalue weighted by Crippen LogP contribution is -2.21. The third-order valence-electron chi connectivity index (χ3n) is 2.87. The molecule has 0 fully saturated rings. The number of carbonyl (C=O) groups is 1. The molecule has 1 unspecified atom stereocenters. The van der Waals surface area contributed by atoms with E-state index in [4.69, 9.17) is 11.6 Å². The zero-order valence-electron chi connectivity index (χ0n) is 11.2. The van der Waals surface area contributed by atoms with E-state index >= 15 is 0 Å². The van der Waals surface area contributed by atoms with Crippen molar-refractivity contribution in [1.82, 2.24) is 0 Å². The van der Waals surface area contributed by atoms with Crippen molar-refractivity contribution >= 4 is 45.9 Å². The fourth-order valence-electron chi connectivity index (χ4n) is 1.91. The third kappa shape index (κ3) is 3.47. The summed E-state index contributed by atoms with van der Waals surface area (Å²) in [5.74, 6) is -1.31. The molecule has 10 heteroatoms. The van der Waals surface area contributed by atoms with Crippen molar-refractivity contribution in [3.05, 3.63) is 63.2 Å². The Morgan fingerprint density at radius 2 is 1.91 bits per heavy atom. The van der Waals surface area contributed by atoms with Crippen LogP contribution in [0.2, 0.25) is 5.02 Å². The maximum absolute atomic E-state index is 11.7. The van der Waals surface area contributed by atoms with Crippen LogP contribution in [0, 0.1) is 10.1 Å². The van der Waals surface area contributed by atoms with Crippen molar-refractivity contribution in [2.24, 2.45) is 0 Å². The van der Waals surface area contributed by atoms with Gasteiger partial charge in [0.1, 0.15) is 5.02 Å². The van der Waals surface area contributed by atoms with E-state index in [1.54, 1.807) is 0 Å². The van der Waals surface area contributed by atoms with Crippen LogP contribution in [0.3, 0.4) is 0 Å². The molecule has 0 aliphatic heterocycles. The van der Waals surface area contributed by atoms with Gasteiger partial charge in [0.2, 0.25) is 0 Å². The van der Waals surface area contributed by atoms with Gasteiger partial charge in [-0.3, -0.25) is 14.7 Å². The number of hydrogen-bond donors (Lipinski definition) is 2. The number of para-hydroxylation sites is 1. The molecule has 8 nitrogen and oxygen atoms in total. The first kappa shape index (κ1) is 16.9. The van der Waals surface area contributed by atoms with Gasteiger partial charge in [0.15, 0.2) is 0 Å². The van der Waals surface area contributed by atoms with E-state index in [9.17, 15) is 28.8 Å². The Balaban J connectivity index is 2.66. The summed E-state index contributed by atoms with van der Waals surface area (Å²) in [5, 5.41) is 20.0. The number of benzene rings is 2. The van der Waals surface area contributed by atoms with E-state index < -0.39 is 27.8 Å². The van der Waals surface area contributed by atoms with Crippen LogP contribution in [-0.4, -0.2) is 24.8 Å². The average molecular weight is 357 g/mol. The standard InChI is InChI=1S/C13H9ClN2O6S/c14-10-6-5-8(7-12(10)16(19)20)15(23(21)22)11-4-2-1-3-9(11)13(17)18/h1-7H,(H,17,18)(H,21,22). The highest BCUT2D eigenvalue weighted by atomic mass is 35.5. The van der Waals surface area contributed by atoms with Gasteiger partial charge in [-0.1, -0.05) is 23.7 Å². The third-order valence-corrected chi connectivity index (χ3v) is 3.91. The van der Waals surface area contributed by atoms with Crippen molar-refractivity contribution in [3.8, 4) is 0 Å². The lowest BCUT2D eigenvalue weighted by molar-refractivity contribution is -0.384. The monoisotopic (exact) mass is 356 g/mol. The summed E-state index contributed by atoms with van der Waals surface area (Å²) in [4.78, 5) is 21.5. The molecule has 0 heterocycles. The van der Waals surface area contributed by atoms with E-state index in [-0.39, 0.29) is 22.0 Å². The van der Waals surface area contributed by atoms with Crippen LogP contribution in [-0.2, 0) is 11.3 Å². The molecule has 2 rings (SSSR count). The van der Waals surface area contributed by atoms with Crippen LogP contribution < -0.4 is 4.31 Å². The number of nitro groups is 1. The molecule has 1 atom stereocenters. The molecule has 0 amide bonds. The second kappa shape index (κ2) is 6.73. The number of aromatic carboxylic acids is 1. The van der Waals surface area contributed by atoms with Crippen molar-refractivity contribution in [1.29, 1.82) is 0 Å². The maximum Gasteiger partial charge on any atom is 0.337 e. The van der Waals surface area contributed by atoms with Crippen LogP contribution in [0.5, 0.6) is 0 Å². The van der Waals surface area contributed by atoms with Crippen LogP contribution in [0.15, 0.2) is 42.5 Å². The molecule has 2 aromatic rings. The fraction of sp³-hybridized carbons (Fsp3) is 0. The first-order chi connectivity index (χ1) is 10.8. The molecule has 2 aromatic carbocycles. The van der Waals surface area contributed by atoms with Crippen molar-refractivity contribution in [3.63, 3.8) is 0 Å². The van der Waals surface area contributed by atoms with Crippen molar-refractivity contribution < 1.29 is 23.6 Å². The number of anilines is 2. The molecular weight excluding hydrogens is 348 g/mol. The molecule has 0 radical (unpaired) electrons.